The third-order valence-corrected chi connectivity index (χ3v) is 3.51. The molecule has 5 heteroatoms. The summed E-state index contributed by atoms with van der Waals surface area (Å²) in [6.45, 7) is 5.46. The van der Waals surface area contributed by atoms with Gasteiger partial charge < -0.3 is 19.3 Å². The highest BCUT2D eigenvalue weighted by molar-refractivity contribution is 5.91. The summed E-state index contributed by atoms with van der Waals surface area (Å²) in [6, 6.07) is 7.92. The standard InChI is InChI=1S/C18H22O5/c1-14(16-7-6-15-4-2-3-5-17(15)16)18(20)23-13-12-22-11-10-21-9-8-19/h2-7,16,19H,1,8-13H2. The lowest BCUT2D eigenvalue weighted by molar-refractivity contribution is -0.140. The van der Waals surface area contributed by atoms with Gasteiger partial charge in [-0.2, -0.15) is 0 Å². The lowest BCUT2D eigenvalue weighted by Crippen LogP contribution is -2.16. The van der Waals surface area contributed by atoms with E-state index >= 15 is 0 Å². The van der Waals surface area contributed by atoms with E-state index < -0.39 is 5.97 Å². The maximum Gasteiger partial charge on any atom is 0.334 e. The SMILES string of the molecule is C=C(C(=O)OCCOCCOCCO)C1C=Cc2ccccc21. The summed E-state index contributed by atoms with van der Waals surface area (Å²) in [7, 11) is 0. The van der Waals surface area contributed by atoms with Crippen molar-refractivity contribution in [2.45, 2.75) is 5.92 Å². The fourth-order valence-electron chi connectivity index (χ4n) is 2.35. The molecule has 1 atom stereocenters. The van der Waals surface area contributed by atoms with Crippen LogP contribution < -0.4 is 0 Å². The predicted octanol–water partition coefficient (Wildman–Crippen LogP) is 1.92. The number of ether oxygens (including phenoxy) is 3. The second kappa shape index (κ2) is 9.25. The number of aliphatic hydroxyl groups excluding tert-OH is 1. The van der Waals surface area contributed by atoms with E-state index in [2.05, 4.69) is 6.58 Å². The van der Waals surface area contributed by atoms with Crippen LogP contribution in [-0.4, -0.2) is 50.7 Å². The minimum absolute atomic E-state index is 0.00152. The Morgan fingerprint density at radius 1 is 1.09 bits per heavy atom. The number of carbonyl (C=O) groups excluding carboxylic acids is 1. The average Bonchev–Trinajstić information content (AvgIpc) is 3.00. The number of hydrogen-bond donors (Lipinski definition) is 1. The Labute approximate surface area is 136 Å². The van der Waals surface area contributed by atoms with E-state index in [9.17, 15) is 4.79 Å². The predicted molar refractivity (Wildman–Crippen MR) is 87.0 cm³/mol. The smallest absolute Gasteiger partial charge is 0.334 e. The molecule has 1 N–H and O–H groups in total. The van der Waals surface area contributed by atoms with E-state index in [1.54, 1.807) is 0 Å². The number of esters is 1. The van der Waals surface area contributed by atoms with Crippen LogP contribution in [0.25, 0.3) is 6.08 Å². The van der Waals surface area contributed by atoms with E-state index in [0.29, 0.717) is 32.0 Å². The average molecular weight is 318 g/mol. The van der Waals surface area contributed by atoms with Crippen molar-refractivity contribution in [2.75, 3.05) is 39.6 Å². The van der Waals surface area contributed by atoms with Gasteiger partial charge in [-0.15, -0.1) is 0 Å². The molecular formula is C18H22O5. The molecule has 0 saturated carbocycles. The Balaban J connectivity index is 1.67. The molecule has 23 heavy (non-hydrogen) atoms. The zero-order valence-electron chi connectivity index (χ0n) is 13.1. The van der Waals surface area contributed by atoms with Crippen molar-refractivity contribution in [1.82, 2.24) is 0 Å². The van der Waals surface area contributed by atoms with Crippen molar-refractivity contribution in [3.63, 3.8) is 0 Å². The summed E-state index contributed by atoms with van der Waals surface area (Å²) in [4.78, 5) is 12.1. The normalized spacial score (nSPS) is 15.4. The lowest BCUT2D eigenvalue weighted by Gasteiger charge is -2.13. The highest BCUT2D eigenvalue weighted by atomic mass is 16.6. The molecule has 0 heterocycles. The van der Waals surface area contributed by atoms with Crippen LogP contribution in [0.4, 0.5) is 0 Å². The first-order chi connectivity index (χ1) is 11.2. The Morgan fingerprint density at radius 2 is 1.78 bits per heavy atom. The van der Waals surface area contributed by atoms with Crippen molar-refractivity contribution in [3.05, 3.63) is 53.6 Å². The highest BCUT2D eigenvalue weighted by Crippen LogP contribution is 2.34. The molecule has 0 amide bonds. The van der Waals surface area contributed by atoms with Gasteiger partial charge in [-0.3, -0.25) is 0 Å². The van der Waals surface area contributed by atoms with Gasteiger partial charge in [0, 0.05) is 11.5 Å². The van der Waals surface area contributed by atoms with E-state index in [4.69, 9.17) is 19.3 Å². The summed E-state index contributed by atoms with van der Waals surface area (Å²) in [6.07, 6.45) is 3.96. The highest BCUT2D eigenvalue weighted by Gasteiger charge is 2.24. The molecule has 1 unspecified atom stereocenters. The molecule has 0 aliphatic heterocycles. The van der Waals surface area contributed by atoms with Crippen LogP contribution in [0.2, 0.25) is 0 Å². The molecule has 1 aliphatic carbocycles. The maximum atomic E-state index is 12.1. The van der Waals surface area contributed by atoms with Gasteiger partial charge in [0.2, 0.25) is 0 Å². The number of benzene rings is 1. The van der Waals surface area contributed by atoms with Gasteiger partial charge in [-0.1, -0.05) is 43.0 Å². The van der Waals surface area contributed by atoms with Crippen LogP contribution in [0.15, 0.2) is 42.5 Å². The molecule has 1 aliphatic rings. The van der Waals surface area contributed by atoms with Crippen LogP contribution in [-0.2, 0) is 19.0 Å². The molecular weight excluding hydrogens is 296 g/mol. The van der Waals surface area contributed by atoms with Crippen molar-refractivity contribution >= 4 is 12.0 Å². The summed E-state index contributed by atoms with van der Waals surface area (Å²) < 4.78 is 15.5. The molecule has 0 fully saturated rings. The van der Waals surface area contributed by atoms with E-state index in [1.165, 1.54) is 0 Å². The summed E-state index contributed by atoms with van der Waals surface area (Å²) in [5.74, 6) is -0.525. The van der Waals surface area contributed by atoms with Gasteiger partial charge in [0.15, 0.2) is 0 Å². The van der Waals surface area contributed by atoms with Gasteiger partial charge in [0.1, 0.15) is 6.61 Å². The minimum Gasteiger partial charge on any atom is -0.460 e. The van der Waals surface area contributed by atoms with Crippen molar-refractivity contribution in [1.29, 1.82) is 0 Å². The second-order valence-electron chi connectivity index (χ2n) is 5.08. The van der Waals surface area contributed by atoms with Crippen molar-refractivity contribution in [2.24, 2.45) is 0 Å². The molecule has 124 valence electrons. The van der Waals surface area contributed by atoms with Crippen molar-refractivity contribution < 1.29 is 24.1 Å². The largest absolute Gasteiger partial charge is 0.460 e. The molecule has 0 bridgehead atoms. The first-order valence-electron chi connectivity index (χ1n) is 7.63. The Kier molecular flexibility index (Phi) is 7.00. The Hall–Kier alpha value is -1.95. The number of carbonyl (C=O) groups is 1. The molecule has 0 saturated heterocycles. The quantitative estimate of drug-likeness (QED) is 0.406. The van der Waals surface area contributed by atoms with Gasteiger partial charge in [-0.25, -0.2) is 4.79 Å². The third-order valence-electron chi connectivity index (χ3n) is 3.51. The van der Waals surface area contributed by atoms with Gasteiger partial charge >= 0.3 is 5.97 Å². The first-order valence-corrected chi connectivity index (χ1v) is 7.63. The minimum atomic E-state index is -0.406. The summed E-state index contributed by atoms with van der Waals surface area (Å²) in [5, 5.41) is 8.53. The fraction of sp³-hybridized carbons (Fsp3) is 0.389. The number of fused-ring (bicyclic) bond motifs is 1. The van der Waals surface area contributed by atoms with Crippen LogP contribution in [0.1, 0.15) is 17.0 Å². The van der Waals surface area contributed by atoms with Crippen LogP contribution in [0.5, 0.6) is 0 Å². The van der Waals surface area contributed by atoms with E-state index in [-0.39, 0.29) is 19.1 Å². The number of allylic oxidation sites excluding steroid dienone is 1. The van der Waals surface area contributed by atoms with Crippen LogP contribution in [0.3, 0.4) is 0 Å². The maximum absolute atomic E-state index is 12.1. The van der Waals surface area contributed by atoms with Crippen LogP contribution in [0, 0.1) is 0 Å². The fourth-order valence-corrected chi connectivity index (χ4v) is 2.35. The van der Waals surface area contributed by atoms with Gasteiger partial charge in [0.05, 0.1) is 33.0 Å². The number of rotatable bonds is 10. The molecule has 5 nitrogen and oxygen atoms in total. The number of hydrogen-bond acceptors (Lipinski definition) is 5. The number of aliphatic hydroxyl groups is 1. The molecule has 1 aromatic carbocycles. The Bertz CT molecular complexity index is 564. The zero-order valence-corrected chi connectivity index (χ0v) is 13.1. The topological polar surface area (TPSA) is 65.0 Å². The lowest BCUT2D eigenvalue weighted by atomic mass is 9.94. The zero-order chi connectivity index (χ0) is 16.5. The molecule has 0 spiro atoms. The third kappa shape index (κ3) is 5.03. The van der Waals surface area contributed by atoms with Crippen LogP contribution >= 0.6 is 0 Å². The van der Waals surface area contributed by atoms with Gasteiger partial charge in [-0.05, 0) is 11.1 Å². The monoisotopic (exact) mass is 318 g/mol. The molecule has 1 aromatic rings. The van der Waals surface area contributed by atoms with E-state index in [1.807, 2.05) is 36.4 Å². The summed E-state index contributed by atoms with van der Waals surface area (Å²) in [5.41, 5.74) is 2.61. The summed E-state index contributed by atoms with van der Waals surface area (Å²) >= 11 is 0. The molecule has 0 aromatic heterocycles. The first kappa shape index (κ1) is 17.4. The van der Waals surface area contributed by atoms with E-state index in [0.717, 1.165) is 11.1 Å². The van der Waals surface area contributed by atoms with Crippen molar-refractivity contribution in [3.8, 4) is 0 Å². The second-order valence-corrected chi connectivity index (χ2v) is 5.08. The molecule has 0 radical (unpaired) electrons. The molecule has 2 rings (SSSR count). The Morgan fingerprint density at radius 3 is 2.57 bits per heavy atom. The van der Waals surface area contributed by atoms with Gasteiger partial charge in [0.25, 0.3) is 0 Å².